The van der Waals surface area contributed by atoms with Gasteiger partial charge in [0.05, 0.1) is 0 Å². The van der Waals surface area contributed by atoms with E-state index in [4.69, 9.17) is 0 Å². The normalized spacial score (nSPS) is 11.0. The zero-order chi connectivity index (χ0) is 11.5. The first kappa shape index (κ1) is 12.0. The SMILES string of the molecule is CC(C)=CN(c1ccccc1)[Si](C)(C)C. The van der Waals surface area contributed by atoms with Crippen LogP contribution in [0, 0.1) is 0 Å². The van der Waals surface area contributed by atoms with Crippen LogP contribution in [0.3, 0.4) is 0 Å². The topological polar surface area (TPSA) is 3.24 Å². The first-order valence-corrected chi connectivity index (χ1v) is 8.85. The van der Waals surface area contributed by atoms with Crippen molar-refractivity contribution in [3.05, 3.63) is 42.1 Å². The number of hydrogen-bond acceptors (Lipinski definition) is 1. The molecule has 1 nitrogen and oxygen atoms in total. The van der Waals surface area contributed by atoms with Gasteiger partial charge in [0.2, 0.25) is 0 Å². The van der Waals surface area contributed by atoms with E-state index in [2.05, 4.69) is 74.6 Å². The van der Waals surface area contributed by atoms with E-state index in [1.54, 1.807) is 0 Å². The van der Waals surface area contributed by atoms with E-state index in [9.17, 15) is 0 Å². The maximum atomic E-state index is 2.45. The average molecular weight is 219 g/mol. The lowest BCUT2D eigenvalue weighted by Gasteiger charge is -2.33. The lowest BCUT2D eigenvalue weighted by molar-refractivity contribution is 1.25. The van der Waals surface area contributed by atoms with Gasteiger partial charge in [-0.2, -0.15) is 0 Å². The van der Waals surface area contributed by atoms with Crippen LogP contribution in [0.5, 0.6) is 0 Å². The number of rotatable bonds is 3. The zero-order valence-corrected chi connectivity index (χ0v) is 11.4. The van der Waals surface area contributed by atoms with Gasteiger partial charge in [-0.1, -0.05) is 43.4 Å². The highest BCUT2D eigenvalue weighted by Gasteiger charge is 2.22. The Balaban J connectivity index is 3.08. The van der Waals surface area contributed by atoms with Crippen LogP contribution in [0.2, 0.25) is 19.6 Å². The van der Waals surface area contributed by atoms with E-state index >= 15 is 0 Å². The molecule has 0 spiro atoms. The Morgan fingerprint density at radius 1 is 1.07 bits per heavy atom. The molecule has 0 saturated carbocycles. The summed E-state index contributed by atoms with van der Waals surface area (Å²) in [5.74, 6) is 0. The second-order valence-electron chi connectivity index (χ2n) is 5.08. The van der Waals surface area contributed by atoms with E-state index in [1.165, 1.54) is 11.3 Å². The molecule has 0 aromatic heterocycles. The van der Waals surface area contributed by atoms with Gasteiger partial charge in [0, 0.05) is 5.69 Å². The smallest absolute Gasteiger partial charge is 0.152 e. The quantitative estimate of drug-likeness (QED) is 0.687. The summed E-state index contributed by atoms with van der Waals surface area (Å²) in [6.45, 7) is 11.4. The molecule has 1 rings (SSSR count). The zero-order valence-electron chi connectivity index (χ0n) is 10.4. The van der Waals surface area contributed by atoms with Crippen molar-refractivity contribution in [3.63, 3.8) is 0 Å². The van der Waals surface area contributed by atoms with Gasteiger partial charge in [0.1, 0.15) is 0 Å². The van der Waals surface area contributed by atoms with Crippen LogP contribution in [0.4, 0.5) is 5.69 Å². The Morgan fingerprint density at radius 2 is 1.60 bits per heavy atom. The maximum absolute atomic E-state index is 2.45. The second-order valence-corrected chi connectivity index (χ2v) is 9.91. The van der Waals surface area contributed by atoms with E-state index in [-0.39, 0.29) is 0 Å². The van der Waals surface area contributed by atoms with Crippen LogP contribution in [0.1, 0.15) is 13.8 Å². The van der Waals surface area contributed by atoms with Crippen LogP contribution >= 0.6 is 0 Å². The van der Waals surface area contributed by atoms with Crippen molar-refractivity contribution in [1.82, 2.24) is 0 Å². The molecule has 0 fully saturated rings. The number of anilines is 1. The van der Waals surface area contributed by atoms with Crippen molar-refractivity contribution in [2.24, 2.45) is 0 Å². The first-order valence-electron chi connectivity index (χ1n) is 5.40. The second kappa shape index (κ2) is 4.66. The van der Waals surface area contributed by atoms with Crippen LogP contribution in [-0.2, 0) is 0 Å². The molecule has 15 heavy (non-hydrogen) atoms. The standard InChI is InChI=1S/C13H21NSi/c1-12(2)11-14(15(3,4)5)13-9-7-6-8-10-13/h6-11H,1-5H3. The molecule has 0 atom stereocenters. The summed E-state index contributed by atoms with van der Waals surface area (Å²) >= 11 is 0. The summed E-state index contributed by atoms with van der Waals surface area (Å²) < 4.78 is 2.45. The highest BCUT2D eigenvalue weighted by atomic mass is 28.3. The Kier molecular flexibility index (Phi) is 3.75. The van der Waals surface area contributed by atoms with Crippen molar-refractivity contribution >= 4 is 13.9 Å². The fraction of sp³-hybridized carbons (Fsp3) is 0.385. The summed E-state index contributed by atoms with van der Waals surface area (Å²) in [5.41, 5.74) is 2.65. The molecule has 2 heteroatoms. The van der Waals surface area contributed by atoms with Gasteiger partial charge in [-0.25, -0.2) is 0 Å². The first-order chi connectivity index (χ1) is 6.91. The van der Waals surface area contributed by atoms with Crippen LogP contribution in [-0.4, -0.2) is 8.24 Å². The number of nitrogens with zero attached hydrogens (tertiary/aromatic N) is 1. The molecule has 0 N–H and O–H groups in total. The van der Waals surface area contributed by atoms with Gasteiger partial charge >= 0.3 is 0 Å². The van der Waals surface area contributed by atoms with Gasteiger partial charge in [-0.05, 0) is 32.2 Å². The highest BCUT2D eigenvalue weighted by Crippen LogP contribution is 2.22. The minimum Gasteiger partial charge on any atom is -0.375 e. The number of allylic oxidation sites excluding steroid dienone is 1. The number of benzene rings is 1. The largest absolute Gasteiger partial charge is 0.375 e. The predicted molar refractivity (Wildman–Crippen MR) is 71.7 cm³/mol. The van der Waals surface area contributed by atoms with Gasteiger partial charge in [0.25, 0.3) is 0 Å². The molecule has 0 saturated heterocycles. The van der Waals surface area contributed by atoms with Crippen molar-refractivity contribution in [3.8, 4) is 0 Å². The van der Waals surface area contributed by atoms with E-state index < -0.39 is 8.24 Å². The summed E-state index contributed by atoms with van der Waals surface area (Å²) in [7, 11) is -1.33. The maximum Gasteiger partial charge on any atom is 0.152 e. The van der Waals surface area contributed by atoms with E-state index in [0.717, 1.165) is 0 Å². The van der Waals surface area contributed by atoms with Gasteiger partial charge in [-0.15, -0.1) is 0 Å². The molecule has 0 aliphatic rings. The minimum atomic E-state index is -1.33. The van der Waals surface area contributed by atoms with Gasteiger partial charge in [-0.3, -0.25) is 0 Å². The monoisotopic (exact) mass is 219 g/mol. The van der Waals surface area contributed by atoms with Crippen molar-refractivity contribution < 1.29 is 0 Å². The fourth-order valence-electron chi connectivity index (χ4n) is 1.50. The summed E-state index contributed by atoms with van der Waals surface area (Å²) in [5, 5.41) is 0. The highest BCUT2D eigenvalue weighted by molar-refractivity contribution is 6.80. The molecule has 1 aromatic carbocycles. The molecular weight excluding hydrogens is 198 g/mol. The van der Waals surface area contributed by atoms with Crippen LogP contribution < -0.4 is 4.57 Å². The third-order valence-electron chi connectivity index (χ3n) is 2.14. The van der Waals surface area contributed by atoms with E-state index in [0.29, 0.717) is 0 Å². The van der Waals surface area contributed by atoms with Gasteiger partial charge in [0.15, 0.2) is 8.24 Å². The summed E-state index contributed by atoms with van der Waals surface area (Å²) in [6, 6.07) is 10.6. The van der Waals surface area contributed by atoms with Crippen molar-refractivity contribution in [2.75, 3.05) is 4.57 Å². The number of para-hydroxylation sites is 1. The molecular formula is C13H21NSi. The number of hydrogen-bond donors (Lipinski definition) is 0. The fourth-order valence-corrected chi connectivity index (χ4v) is 3.07. The molecule has 0 bridgehead atoms. The molecule has 0 amide bonds. The lowest BCUT2D eigenvalue weighted by atomic mass is 10.3. The molecule has 0 heterocycles. The molecule has 82 valence electrons. The van der Waals surface area contributed by atoms with Crippen molar-refractivity contribution in [2.45, 2.75) is 33.5 Å². The molecule has 1 aromatic rings. The van der Waals surface area contributed by atoms with Gasteiger partial charge < -0.3 is 4.57 Å². The van der Waals surface area contributed by atoms with E-state index in [1.807, 2.05) is 0 Å². The average Bonchev–Trinajstić information content (AvgIpc) is 2.14. The molecule has 0 aliphatic heterocycles. The predicted octanol–water partition coefficient (Wildman–Crippen LogP) is 4.25. The van der Waals surface area contributed by atoms with Crippen LogP contribution in [0.25, 0.3) is 0 Å². The Hall–Kier alpha value is -1.02. The minimum absolute atomic E-state index is 1.30. The molecule has 0 unspecified atom stereocenters. The summed E-state index contributed by atoms with van der Waals surface area (Å²) in [4.78, 5) is 0. The Morgan fingerprint density at radius 3 is 2.00 bits per heavy atom. The Labute approximate surface area is 94.5 Å². The Bertz CT molecular complexity index is 331. The summed E-state index contributed by atoms with van der Waals surface area (Å²) in [6.07, 6.45) is 2.27. The van der Waals surface area contributed by atoms with Crippen LogP contribution in [0.15, 0.2) is 42.1 Å². The lowest BCUT2D eigenvalue weighted by Crippen LogP contribution is -2.42. The third-order valence-corrected chi connectivity index (χ3v) is 3.98. The molecule has 0 aliphatic carbocycles. The third kappa shape index (κ3) is 3.55. The van der Waals surface area contributed by atoms with Crippen molar-refractivity contribution in [1.29, 1.82) is 0 Å². The molecule has 0 radical (unpaired) electrons.